The highest BCUT2D eigenvalue weighted by Gasteiger charge is 2.19. The molecular weight excluding hydrogens is 238 g/mol. The summed E-state index contributed by atoms with van der Waals surface area (Å²) in [4.78, 5) is 18.7. The van der Waals surface area contributed by atoms with Crippen LogP contribution >= 0.6 is 0 Å². The largest absolute Gasteiger partial charge is 0.384 e. The number of aromatic nitrogens is 1. The Bertz CT molecular complexity index is 412. The van der Waals surface area contributed by atoms with Gasteiger partial charge in [0.1, 0.15) is 0 Å². The van der Waals surface area contributed by atoms with E-state index < -0.39 is 0 Å². The van der Waals surface area contributed by atoms with Gasteiger partial charge in [0.05, 0.1) is 11.3 Å². The second-order valence-electron chi connectivity index (χ2n) is 5.05. The Morgan fingerprint density at radius 1 is 1.32 bits per heavy atom. The van der Waals surface area contributed by atoms with Crippen LogP contribution in [0.15, 0.2) is 18.5 Å². The van der Waals surface area contributed by atoms with E-state index in [2.05, 4.69) is 17.2 Å². The Kier molecular flexibility index (Phi) is 5.19. The molecule has 2 rings (SSSR count). The summed E-state index contributed by atoms with van der Waals surface area (Å²) in [6, 6.07) is 1.89. The molecule has 1 aliphatic heterocycles. The highest BCUT2D eigenvalue weighted by atomic mass is 16.2. The predicted octanol–water partition coefficient (Wildman–Crippen LogP) is 2.92. The van der Waals surface area contributed by atoms with Gasteiger partial charge < -0.3 is 10.2 Å². The molecule has 4 heteroatoms. The molecule has 1 aliphatic rings. The summed E-state index contributed by atoms with van der Waals surface area (Å²) >= 11 is 0. The molecule has 2 heterocycles. The van der Waals surface area contributed by atoms with E-state index in [1.165, 1.54) is 12.8 Å². The number of anilines is 1. The molecule has 0 atom stereocenters. The maximum atomic E-state index is 12.6. The van der Waals surface area contributed by atoms with E-state index >= 15 is 0 Å². The van der Waals surface area contributed by atoms with Gasteiger partial charge in [0, 0.05) is 32.0 Å². The predicted molar refractivity (Wildman–Crippen MR) is 77.4 cm³/mol. The Balaban J connectivity index is 2.12. The van der Waals surface area contributed by atoms with Crippen molar-refractivity contribution in [2.45, 2.75) is 39.0 Å². The lowest BCUT2D eigenvalue weighted by Crippen LogP contribution is -2.32. The molecule has 1 fully saturated rings. The van der Waals surface area contributed by atoms with E-state index in [9.17, 15) is 4.79 Å². The first-order chi connectivity index (χ1) is 9.33. The van der Waals surface area contributed by atoms with Crippen LogP contribution in [0.5, 0.6) is 0 Å². The molecule has 0 bridgehead atoms. The molecule has 0 aliphatic carbocycles. The summed E-state index contributed by atoms with van der Waals surface area (Å²) in [5.41, 5.74) is 1.61. The van der Waals surface area contributed by atoms with E-state index in [1.54, 1.807) is 12.4 Å². The van der Waals surface area contributed by atoms with Gasteiger partial charge in [-0.25, -0.2) is 0 Å². The molecule has 1 aromatic heterocycles. The first-order valence-corrected chi connectivity index (χ1v) is 7.30. The average Bonchev–Trinajstić information content (AvgIpc) is 2.73. The quantitative estimate of drug-likeness (QED) is 0.906. The SMILES string of the molecule is CCCNc1ccncc1C(=O)N1CCCCCC1. The van der Waals surface area contributed by atoms with Crippen LogP contribution in [0, 0.1) is 0 Å². The molecule has 0 unspecified atom stereocenters. The van der Waals surface area contributed by atoms with Crippen LogP contribution in [0.3, 0.4) is 0 Å². The lowest BCUT2D eigenvalue weighted by molar-refractivity contribution is 0.0762. The van der Waals surface area contributed by atoms with Gasteiger partial charge in [-0.3, -0.25) is 9.78 Å². The number of hydrogen-bond acceptors (Lipinski definition) is 3. The highest BCUT2D eigenvalue weighted by Crippen LogP contribution is 2.18. The van der Waals surface area contributed by atoms with E-state index in [0.717, 1.165) is 44.6 Å². The number of nitrogens with zero attached hydrogens (tertiary/aromatic N) is 2. The molecule has 1 amide bonds. The molecule has 0 saturated carbocycles. The van der Waals surface area contributed by atoms with Crippen LogP contribution in [0.25, 0.3) is 0 Å². The van der Waals surface area contributed by atoms with Crippen molar-refractivity contribution in [2.75, 3.05) is 25.0 Å². The summed E-state index contributed by atoms with van der Waals surface area (Å²) in [7, 11) is 0. The first kappa shape index (κ1) is 13.8. The van der Waals surface area contributed by atoms with Crippen LogP contribution < -0.4 is 5.32 Å². The van der Waals surface area contributed by atoms with Crippen LogP contribution in [-0.2, 0) is 0 Å². The Labute approximate surface area is 115 Å². The number of carbonyl (C=O) groups excluding carboxylic acids is 1. The van der Waals surface area contributed by atoms with Crippen molar-refractivity contribution < 1.29 is 4.79 Å². The van der Waals surface area contributed by atoms with Crippen molar-refractivity contribution in [3.63, 3.8) is 0 Å². The molecule has 4 nitrogen and oxygen atoms in total. The molecule has 0 spiro atoms. The summed E-state index contributed by atoms with van der Waals surface area (Å²) in [5.74, 6) is 0.119. The Morgan fingerprint density at radius 3 is 2.74 bits per heavy atom. The average molecular weight is 261 g/mol. The fourth-order valence-electron chi connectivity index (χ4n) is 2.42. The summed E-state index contributed by atoms with van der Waals surface area (Å²) < 4.78 is 0. The van der Waals surface area contributed by atoms with Crippen LogP contribution in [-0.4, -0.2) is 35.4 Å². The number of amides is 1. The molecule has 1 saturated heterocycles. The minimum absolute atomic E-state index is 0.119. The summed E-state index contributed by atoms with van der Waals surface area (Å²) in [6.07, 6.45) is 9.16. The van der Waals surface area contributed by atoms with Crippen LogP contribution in [0.4, 0.5) is 5.69 Å². The highest BCUT2D eigenvalue weighted by molar-refractivity contribution is 5.99. The molecule has 1 N–H and O–H groups in total. The van der Waals surface area contributed by atoms with Gasteiger partial charge in [-0.05, 0) is 25.3 Å². The number of hydrogen-bond donors (Lipinski definition) is 1. The summed E-state index contributed by atoms with van der Waals surface area (Å²) in [6.45, 7) is 4.75. The zero-order chi connectivity index (χ0) is 13.5. The molecule has 1 aromatic rings. The molecule has 0 aromatic carbocycles. The van der Waals surface area contributed by atoms with E-state index in [0.29, 0.717) is 5.56 Å². The second kappa shape index (κ2) is 7.12. The zero-order valence-corrected chi connectivity index (χ0v) is 11.7. The minimum Gasteiger partial charge on any atom is -0.384 e. The molecule has 19 heavy (non-hydrogen) atoms. The van der Waals surface area contributed by atoms with E-state index in [4.69, 9.17) is 0 Å². The monoisotopic (exact) mass is 261 g/mol. The van der Waals surface area contributed by atoms with Gasteiger partial charge in [-0.1, -0.05) is 19.8 Å². The van der Waals surface area contributed by atoms with Crippen molar-refractivity contribution in [2.24, 2.45) is 0 Å². The second-order valence-corrected chi connectivity index (χ2v) is 5.05. The third-order valence-corrected chi connectivity index (χ3v) is 3.51. The topological polar surface area (TPSA) is 45.2 Å². The number of pyridine rings is 1. The Morgan fingerprint density at radius 2 is 2.05 bits per heavy atom. The molecular formula is C15H23N3O. The maximum Gasteiger partial charge on any atom is 0.257 e. The van der Waals surface area contributed by atoms with Crippen molar-refractivity contribution >= 4 is 11.6 Å². The number of likely N-dealkylation sites (tertiary alicyclic amines) is 1. The van der Waals surface area contributed by atoms with Gasteiger partial charge in [0.15, 0.2) is 0 Å². The fraction of sp³-hybridized carbons (Fsp3) is 0.600. The minimum atomic E-state index is 0.119. The van der Waals surface area contributed by atoms with Crippen molar-refractivity contribution in [1.29, 1.82) is 0 Å². The standard InChI is InChI=1S/C15H23N3O/c1-2-8-17-14-7-9-16-12-13(14)15(19)18-10-5-3-4-6-11-18/h7,9,12H,2-6,8,10-11H2,1H3,(H,16,17). The first-order valence-electron chi connectivity index (χ1n) is 7.30. The third-order valence-electron chi connectivity index (χ3n) is 3.51. The maximum absolute atomic E-state index is 12.6. The van der Waals surface area contributed by atoms with Crippen molar-refractivity contribution in [1.82, 2.24) is 9.88 Å². The van der Waals surface area contributed by atoms with Gasteiger partial charge in [-0.2, -0.15) is 0 Å². The fourth-order valence-corrected chi connectivity index (χ4v) is 2.42. The van der Waals surface area contributed by atoms with Crippen LogP contribution in [0.1, 0.15) is 49.4 Å². The smallest absolute Gasteiger partial charge is 0.257 e. The van der Waals surface area contributed by atoms with Gasteiger partial charge >= 0.3 is 0 Å². The molecule has 0 radical (unpaired) electrons. The van der Waals surface area contributed by atoms with Crippen LogP contribution in [0.2, 0.25) is 0 Å². The Hall–Kier alpha value is -1.58. The normalized spacial score (nSPS) is 15.9. The van der Waals surface area contributed by atoms with Gasteiger partial charge in [-0.15, -0.1) is 0 Å². The van der Waals surface area contributed by atoms with Gasteiger partial charge in [0.2, 0.25) is 0 Å². The van der Waals surface area contributed by atoms with Crippen molar-refractivity contribution in [3.8, 4) is 0 Å². The van der Waals surface area contributed by atoms with Crippen molar-refractivity contribution in [3.05, 3.63) is 24.0 Å². The number of rotatable bonds is 4. The lowest BCUT2D eigenvalue weighted by atomic mass is 10.2. The lowest BCUT2D eigenvalue weighted by Gasteiger charge is -2.21. The number of carbonyl (C=O) groups is 1. The summed E-state index contributed by atoms with van der Waals surface area (Å²) in [5, 5.41) is 3.31. The zero-order valence-electron chi connectivity index (χ0n) is 11.7. The number of nitrogens with one attached hydrogen (secondary N) is 1. The molecule has 104 valence electrons. The van der Waals surface area contributed by atoms with E-state index in [-0.39, 0.29) is 5.91 Å². The van der Waals surface area contributed by atoms with Gasteiger partial charge in [0.25, 0.3) is 5.91 Å². The third kappa shape index (κ3) is 3.69. The van der Waals surface area contributed by atoms with E-state index in [1.807, 2.05) is 11.0 Å².